The number of carboxylic acids is 1. The van der Waals surface area contributed by atoms with Gasteiger partial charge >= 0.3 is 5.97 Å². The number of anilines is 1. The molecule has 7 nitrogen and oxygen atoms in total. The van der Waals surface area contributed by atoms with Crippen LogP contribution in [0.25, 0.3) is 0 Å². The molecule has 0 bridgehead atoms. The van der Waals surface area contributed by atoms with Crippen molar-refractivity contribution in [3.05, 3.63) is 40.6 Å². The summed E-state index contributed by atoms with van der Waals surface area (Å²) in [6, 6.07) is 4.55. The Morgan fingerprint density at radius 3 is 2.52 bits per heavy atom. The maximum Gasteiger partial charge on any atom is 0.325 e. The second-order valence-electron chi connectivity index (χ2n) is 3.97. The van der Waals surface area contributed by atoms with E-state index in [9.17, 15) is 13.2 Å². The second kappa shape index (κ2) is 5.92. The van der Waals surface area contributed by atoms with E-state index in [-0.39, 0.29) is 20.6 Å². The van der Waals surface area contributed by atoms with Gasteiger partial charge in [0.05, 0.1) is 21.9 Å². The first-order valence-corrected chi connectivity index (χ1v) is 7.74. The Morgan fingerprint density at radius 2 is 1.95 bits per heavy atom. The monoisotopic (exact) mass is 349 g/mol. The summed E-state index contributed by atoms with van der Waals surface area (Å²) in [5.74, 6) is -1.14. The summed E-state index contributed by atoms with van der Waals surface area (Å²) in [5, 5.41) is 12.6. The van der Waals surface area contributed by atoms with E-state index in [4.69, 9.17) is 28.3 Å². The molecule has 10 heteroatoms. The lowest BCUT2D eigenvalue weighted by Gasteiger charge is -2.09. The number of para-hydroxylation sites is 1. The second-order valence-corrected chi connectivity index (χ2v) is 6.47. The maximum absolute atomic E-state index is 12.2. The highest BCUT2D eigenvalue weighted by Crippen LogP contribution is 2.31. The van der Waals surface area contributed by atoms with Gasteiger partial charge in [-0.3, -0.25) is 14.2 Å². The summed E-state index contributed by atoms with van der Waals surface area (Å²) in [4.78, 5) is 10.4. The van der Waals surface area contributed by atoms with Crippen molar-refractivity contribution in [3.63, 3.8) is 0 Å². The fourth-order valence-corrected chi connectivity index (χ4v) is 3.15. The number of aromatic nitrogens is 2. The van der Waals surface area contributed by atoms with Crippen molar-refractivity contribution < 1.29 is 18.3 Å². The molecule has 0 saturated carbocycles. The number of benzene rings is 1. The van der Waals surface area contributed by atoms with Gasteiger partial charge in [-0.1, -0.05) is 29.3 Å². The Hall–Kier alpha value is -1.77. The number of hydrogen-bond donors (Lipinski definition) is 2. The highest BCUT2D eigenvalue weighted by molar-refractivity contribution is 7.92. The van der Waals surface area contributed by atoms with Gasteiger partial charge in [-0.2, -0.15) is 5.10 Å². The average molecular weight is 350 g/mol. The Morgan fingerprint density at radius 1 is 1.33 bits per heavy atom. The largest absolute Gasteiger partial charge is 0.480 e. The Balaban J connectivity index is 2.30. The summed E-state index contributed by atoms with van der Waals surface area (Å²) >= 11 is 11.8. The molecular weight excluding hydrogens is 341 g/mol. The number of halogens is 2. The SMILES string of the molecule is O=C(O)Cn1cc(S(=O)(=O)Nc2c(Cl)cccc2Cl)cn1. The highest BCUT2D eigenvalue weighted by Gasteiger charge is 2.20. The Kier molecular flexibility index (Phi) is 4.40. The molecule has 0 fully saturated rings. The minimum atomic E-state index is -3.97. The van der Waals surface area contributed by atoms with Crippen molar-refractivity contribution in [1.29, 1.82) is 0 Å². The van der Waals surface area contributed by atoms with Crippen molar-refractivity contribution in [2.24, 2.45) is 0 Å². The van der Waals surface area contributed by atoms with Crippen LogP contribution in [0, 0.1) is 0 Å². The van der Waals surface area contributed by atoms with Crippen molar-refractivity contribution in [2.75, 3.05) is 4.72 Å². The van der Waals surface area contributed by atoms with E-state index in [2.05, 4.69) is 9.82 Å². The third-order valence-corrected chi connectivity index (χ3v) is 4.35. The first-order chi connectivity index (χ1) is 9.79. The van der Waals surface area contributed by atoms with Crippen molar-refractivity contribution in [1.82, 2.24) is 9.78 Å². The van der Waals surface area contributed by atoms with Crippen LogP contribution in [-0.2, 0) is 21.4 Å². The molecule has 1 heterocycles. The summed E-state index contributed by atoms with van der Waals surface area (Å²) in [5.41, 5.74) is 0.0480. The first-order valence-electron chi connectivity index (χ1n) is 5.50. The van der Waals surface area contributed by atoms with E-state index < -0.39 is 22.5 Å². The number of carbonyl (C=O) groups is 1. The molecule has 2 rings (SSSR count). The molecule has 0 radical (unpaired) electrons. The summed E-state index contributed by atoms with van der Waals surface area (Å²) in [6.07, 6.45) is 2.14. The van der Waals surface area contributed by atoms with Gasteiger partial charge in [-0.25, -0.2) is 8.42 Å². The highest BCUT2D eigenvalue weighted by atomic mass is 35.5. The third kappa shape index (κ3) is 3.66. The molecule has 0 spiro atoms. The average Bonchev–Trinajstić information content (AvgIpc) is 2.82. The van der Waals surface area contributed by atoms with Gasteiger partial charge in [-0.15, -0.1) is 0 Å². The molecule has 0 amide bonds. The molecule has 1 aromatic heterocycles. The number of rotatable bonds is 5. The van der Waals surface area contributed by atoms with Gasteiger partial charge < -0.3 is 5.11 Å². The van der Waals surface area contributed by atoms with Crippen LogP contribution in [0.15, 0.2) is 35.5 Å². The molecule has 21 heavy (non-hydrogen) atoms. The van der Waals surface area contributed by atoms with Crippen LogP contribution in [0.4, 0.5) is 5.69 Å². The predicted octanol–water partition coefficient (Wildman–Crippen LogP) is 2.08. The molecular formula is C11H9Cl2N3O4S. The van der Waals surface area contributed by atoms with E-state index in [0.29, 0.717) is 0 Å². The molecule has 0 atom stereocenters. The lowest BCUT2D eigenvalue weighted by Crippen LogP contribution is -2.13. The number of sulfonamides is 1. The fourth-order valence-electron chi connectivity index (χ4n) is 1.50. The Labute approximate surface area is 130 Å². The van der Waals surface area contributed by atoms with Crippen molar-refractivity contribution >= 4 is 44.9 Å². The van der Waals surface area contributed by atoms with Crippen LogP contribution in [0.2, 0.25) is 10.0 Å². The minimum absolute atomic E-state index is 0.0480. The van der Waals surface area contributed by atoms with Gasteiger partial charge in [-0.05, 0) is 12.1 Å². The normalized spacial score (nSPS) is 11.3. The predicted molar refractivity (Wildman–Crippen MR) is 77.1 cm³/mol. The zero-order chi connectivity index (χ0) is 15.6. The number of carboxylic acid groups (broad SMARTS) is 1. The molecule has 2 aromatic rings. The maximum atomic E-state index is 12.2. The first kappa shape index (κ1) is 15.6. The van der Waals surface area contributed by atoms with Crippen molar-refractivity contribution in [3.8, 4) is 0 Å². The zero-order valence-corrected chi connectivity index (χ0v) is 12.7. The van der Waals surface area contributed by atoms with Crippen LogP contribution in [0.5, 0.6) is 0 Å². The molecule has 112 valence electrons. The molecule has 0 aliphatic carbocycles. The molecule has 0 aliphatic heterocycles. The van der Waals surface area contributed by atoms with Gasteiger partial charge in [0.1, 0.15) is 11.4 Å². The lowest BCUT2D eigenvalue weighted by atomic mass is 10.3. The molecule has 2 N–H and O–H groups in total. The van der Waals surface area contributed by atoms with E-state index in [1.807, 2.05) is 0 Å². The van der Waals surface area contributed by atoms with Crippen LogP contribution < -0.4 is 4.72 Å². The van der Waals surface area contributed by atoms with E-state index >= 15 is 0 Å². The summed E-state index contributed by atoms with van der Waals surface area (Å²) < 4.78 is 27.6. The third-order valence-electron chi connectivity index (χ3n) is 2.42. The standard InChI is InChI=1S/C11H9Cl2N3O4S/c12-8-2-1-3-9(13)11(8)15-21(19,20)7-4-14-16(5-7)6-10(17)18/h1-5,15H,6H2,(H,17,18). The summed E-state index contributed by atoms with van der Waals surface area (Å²) in [6.45, 7) is -0.442. The molecule has 1 aromatic carbocycles. The Bertz CT molecular complexity index is 768. The molecule has 0 aliphatic rings. The zero-order valence-electron chi connectivity index (χ0n) is 10.3. The van der Waals surface area contributed by atoms with Crippen LogP contribution in [0.3, 0.4) is 0 Å². The van der Waals surface area contributed by atoms with Crippen LogP contribution in [0.1, 0.15) is 0 Å². The van der Waals surface area contributed by atoms with E-state index in [1.54, 1.807) is 6.07 Å². The lowest BCUT2D eigenvalue weighted by molar-refractivity contribution is -0.137. The van der Waals surface area contributed by atoms with Crippen molar-refractivity contribution in [2.45, 2.75) is 11.4 Å². The fraction of sp³-hybridized carbons (Fsp3) is 0.0909. The van der Waals surface area contributed by atoms with Gasteiger partial charge in [0.15, 0.2) is 0 Å². The van der Waals surface area contributed by atoms with E-state index in [1.165, 1.54) is 12.1 Å². The van der Waals surface area contributed by atoms with Gasteiger partial charge in [0.25, 0.3) is 10.0 Å². The number of nitrogens with zero attached hydrogens (tertiary/aromatic N) is 2. The number of aliphatic carboxylic acids is 1. The van der Waals surface area contributed by atoms with Gasteiger partial charge in [0.2, 0.25) is 0 Å². The molecule has 0 saturated heterocycles. The number of hydrogen-bond acceptors (Lipinski definition) is 4. The quantitative estimate of drug-likeness (QED) is 0.860. The topological polar surface area (TPSA) is 101 Å². The minimum Gasteiger partial charge on any atom is -0.480 e. The smallest absolute Gasteiger partial charge is 0.325 e. The van der Waals surface area contributed by atoms with E-state index in [0.717, 1.165) is 17.1 Å². The van der Waals surface area contributed by atoms with Gasteiger partial charge in [0, 0.05) is 6.20 Å². The van der Waals surface area contributed by atoms with Crippen LogP contribution >= 0.6 is 23.2 Å². The summed E-state index contributed by atoms with van der Waals surface area (Å²) in [7, 11) is -3.97. The number of nitrogens with one attached hydrogen (secondary N) is 1. The molecule has 0 unspecified atom stereocenters. The van der Waals surface area contributed by atoms with Crippen LogP contribution in [-0.4, -0.2) is 29.3 Å².